The van der Waals surface area contributed by atoms with Crippen molar-refractivity contribution in [3.63, 3.8) is 0 Å². The fourth-order valence-corrected chi connectivity index (χ4v) is 2.20. The first-order valence-electron chi connectivity index (χ1n) is 7.10. The number of fused-ring (bicyclic) bond motifs is 1. The van der Waals surface area contributed by atoms with Crippen molar-refractivity contribution < 1.29 is 9.53 Å². The van der Waals surface area contributed by atoms with Gasteiger partial charge in [0, 0.05) is 23.0 Å². The highest BCUT2D eigenvalue weighted by Gasteiger charge is 2.10. The molecule has 0 saturated heterocycles. The van der Waals surface area contributed by atoms with Crippen LogP contribution in [0, 0.1) is 0 Å². The molecule has 3 N–H and O–H groups in total. The number of amides is 1. The van der Waals surface area contributed by atoms with Crippen molar-refractivity contribution in [2.24, 2.45) is 10.2 Å². The van der Waals surface area contributed by atoms with E-state index in [0.29, 0.717) is 24.0 Å². The topological polar surface area (TPSA) is 106 Å². The summed E-state index contributed by atoms with van der Waals surface area (Å²) in [5.74, 6) is 0.935. The lowest BCUT2D eigenvalue weighted by Crippen LogP contribution is -1.99. The van der Waals surface area contributed by atoms with Crippen molar-refractivity contribution in [3.05, 3.63) is 48.3 Å². The first-order valence-corrected chi connectivity index (χ1v) is 7.10. The molecular weight excluding hydrogens is 294 g/mol. The van der Waals surface area contributed by atoms with Crippen LogP contribution in [0.5, 0.6) is 5.75 Å². The zero-order chi connectivity index (χ0) is 16.2. The maximum Gasteiger partial charge on any atom is 0.314 e. The van der Waals surface area contributed by atoms with Crippen LogP contribution >= 0.6 is 0 Å². The first kappa shape index (κ1) is 14.7. The molecule has 3 rings (SSSR count). The van der Waals surface area contributed by atoms with Crippen LogP contribution in [-0.2, 0) is 0 Å². The quantitative estimate of drug-likeness (QED) is 0.720. The molecule has 1 aromatic carbocycles. The van der Waals surface area contributed by atoms with E-state index in [2.05, 4.69) is 20.2 Å². The van der Waals surface area contributed by atoms with E-state index in [4.69, 9.17) is 10.5 Å². The van der Waals surface area contributed by atoms with Gasteiger partial charge in [-0.25, -0.2) is 0 Å². The lowest BCUT2D eigenvalue weighted by molar-refractivity contribution is 0.0989. The molecule has 0 unspecified atom stereocenters. The van der Waals surface area contributed by atoms with Crippen molar-refractivity contribution in [2.45, 2.75) is 6.92 Å². The van der Waals surface area contributed by atoms with Gasteiger partial charge in [0.2, 0.25) is 0 Å². The number of aromatic nitrogens is 2. The van der Waals surface area contributed by atoms with Crippen molar-refractivity contribution in [3.8, 4) is 5.75 Å². The predicted molar refractivity (Wildman–Crippen MR) is 87.0 cm³/mol. The Labute approximate surface area is 132 Å². The second-order valence-corrected chi connectivity index (χ2v) is 4.75. The minimum absolute atomic E-state index is 0.170. The van der Waals surface area contributed by atoms with Gasteiger partial charge in [-0.3, -0.25) is 9.78 Å². The fourth-order valence-electron chi connectivity index (χ4n) is 2.20. The Hall–Kier alpha value is -3.22. The van der Waals surface area contributed by atoms with Crippen LogP contribution in [0.15, 0.2) is 52.8 Å². The highest BCUT2D eigenvalue weighted by molar-refractivity contribution is 6.00. The molecule has 0 atom stereocenters. The van der Waals surface area contributed by atoms with Crippen molar-refractivity contribution in [1.29, 1.82) is 0 Å². The number of H-pyrrole nitrogens is 1. The van der Waals surface area contributed by atoms with Gasteiger partial charge in [0.25, 0.3) is 0 Å². The van der Waals surface area contributed by atoms with Gasteiger partial charge in [-0.2, -0.15) is 0 Å². The molecule has 3 aromatic rings. The molecule has 0 bridgehead atoms. The summed E-state index contributed by atoms with van der Waals surface area (Å²) in [6.07, 6.45) is 1.50. The third kappa shape index (κ3) is 3.03. The zero-order valence-electron chi connectivity index (χ0n) is 12.5. The summed E-state index contributed by atoms with van der Waals surface area (Å²) >= 11 is 0. The number of carbonyl (C=O) groups excluding carboxylic acids is 1. The molecule has 23 heavy (non-hydrogen) atoms. The van der Waals surface area contributed by atoms with E-state index in [1.54, 1.807) is 6.07 Å². The van der Waals surface area contributed by atoms with Crippen molar-refractivity contribution in [1.82, 2.24) is 9.97 Å². The molecule has 7 heteroatoms. The van der Waals surface area contributed by atoms with Gasteiger partial charge < -0.3 is 15.5 Å². The number of anilines is 1. The number of hydrogen-bond acceptors (Lipinski definition) is 5. The van der Waals surface area contributed by atoms with Crippen LogP contribution in [0.2, 0.25) is 0 Å². The summed E-state index contributed by atoms with van der Waals surface area (Å²) in [6.45, 7) is 2.37. The Morgan fingerprint density at radius 3 is 2.87 bits per heavy atom. The van der Waals surface area contributed by atoms with E-state index in [1.807, 2.05) is 31.2 Å². The summed E-state index contributed by atoms with van der Waals surface area (Å²) in [5.41, 5.74) is 6.05. The maximum absolute atomic E-state index is 12.1. The molecular formula is C16H15N5O2. The second kappa shape index (κ2) is 6.27. The molecule has 2 heterocycles. The number of nitrogen functional groups attached to an aromatic ring is 1. The molecule has 0 saturated carbocycles. The lowest BCUT2D eigenvalue weighted by Gasteiger charge is -2.02. The van der Waals surface area contributed by atoms with Crippen LogP contribution in [0.1, 0.15) is 17.4 Å². The summed E-state index contributed by atoms with van der Waals surface area (Å²) < 4.78 is 5.33. The number of nitrogens with two attached hydrogens (primary N) is 1. The molecule has 0 fully saturated rings. The van der Waals surface area contributed by atoms with Gasteiger partial charge in [0.15, 0.2) is 5.82 Å². The molecule has 2 aromatic heterocycles. The monoisotopic (exact) mass is 309 g/mol. The number of azo groups is 1. The highest BCUT2D eigenvalue weighted by atomic mass is 16.5. The molecule has 0 aliphatic heterocycles. The van der Waals surface area contributed by atoms with E-state index < -0.39 is 5.91 Å². The molecule has 0 radical (unpaired) electrons. The summed E-state index contributed by atoms with van der Waals surface area (Å²) in [5, 5.41) is 9.32. The Balaban J connectivity index is 1.87. The molecule has 0 aliphatic rings. The van der Waals surface area contributed by atoms with Gasteiger partial charge >= 0.3 is 5.91 Å². The van der Waals surface area contributed by atoms with Gasteiger partial charge in [0.05, 0.1) is 6.61 Å². The van der Waals surface area contributed by atoms with Crippen LogP contribution in [-0.4, -0.2) is 22.5 Å². The smallest absolute Gasteiger partial charge is 0.314 e. The van der Waals surface area contributed by atoms with Gasteiger partial charge in [0.1, 0.15) is 17.3 Å². The summed E-state index contributed by atoms with van der Waals surface area (Å²) in [6, 6.07) is 10.7. The SMILES string of the molecule is CCOc1ccnc(C(=O)N=Nc2[nH]c(N)c3ccccc23)c1. The van der Waals surface area contributed by atoms with E-state index in [9.17, 15) is 4.79 Å². The third-order valence-electron chi connectivity index (χ3n) is 3.23. The van der Waals surface area contributed by atoms with E-state index in [-0.39, 0.29) is 5.69 Å². The Bertz CT molecular complexity index is 885. The Kier molecular flexibility index (Phi) is 4.01. The normalized spacial score (nSPS) is 11.2. The van der Waals surface area contributed by atoms with Crippen LogP contribution in [0.4, 0.5) is 11.6 Å². The Morgan fingerprint density at radius 2 is 2.09 bits per heavy atom. The number of ether oxygens (including phenoxy) is 1. The highest BCUT2D eigenvalue weighted by Crippen LogP contribution is 2.30. The molecule has 1 amide bonds. The number of nitrogens with zero attached hydrogens (tertiary/aromatic N) is 3. The Morgan fingerprint density at radius 1 is 1.30 bits per heavy atom. The van der Waals surface area contributed by atoms with Crippen LogP contribution < -0.4 is 10.5 Å². The molecule has 7 nitrogen and oxygen atoms in total. The minimum atomic E-state index is -0.552. The van der Waals surface area contributed by atoms with E-state index >= 15 is 0 Å². The molecule has 116 valence electrons. The summed E-state index contributed by atoms with van der Waals surface area (Å²) in [7, 11) is 0. The average Bonchev–Trinajstić information content (AvgIpc) is 2.90. The van der Waals surface area contributed by atoms with E-state index in [0.717, 1.165) is 10.8 Å². The standard InChI is InChI=1S/C16H15N5O2/c1-2-23-10-7-8-18-13(9-10)16(22)21-20-15-12-6-4-3-5-11(12)14(17)19-15/h3-9,19H,2,17H2,1H3. The van der Waals surface area contributed by atoms with Gasteiger partial charge in [-0.05, 0) is 13.0 Å². The molecule has 0 spiro atoms. The fraction of sp³-hybridized carbons (Fsp3) is 0.125. The number of nitrogens with one attached hydrogen (secondary N) is 1. The number of aromatic amines is 1. The first-order chi connectivity index (χ1) is 11.2. The number of hydrogen-bond donors (Lipinski definition) is 2. The zero-order valence-corrected chi connectivity index (χ0v) is 12.5. The maximum atomic E-state index is 12.1. The van der Waals surface area contributed by atoms with Gasteiger partial charge in [-0.1, -0.05) is 24.3 Å². The lowest BCUT2D eigenvalue weighted by atomic mass is 10.2. The number of benzene rings is 1. The van der Waals surface area contributed by atoms with Crippen molar-refractivity contribution >= 4 is 28.3 Å². The van der Waals surface area contributed by atoms with Crippen molar-refractivity contribution in [2.75, 3.05) is 12.3 Å². The van der Waals surface area contributed by atoms with Crippen LogP contribution in [0.3, 0.4) is 0 Å². The van der Waals surface area contributed by atoms with Crippen LogP contribution in [0.25, 0.3) is 10.8 Å². The third-order valence-corrected chi connectivity index (χ3v) is 3.23. The summed E-state index contributed by atoms with van der Waals surface area (Å²) in [4.78, 5) is 19.0. The number of pyridine rings is 1. The predicted octanol–water partition coefficient (Wildman–Crippen LogP) is 3.47. The molecule has 0 aliphatic carbocycles. The van der Waals surface area contributed by atoms with E-state index in [1.165, 1.54) is 12.3 Å². The largest absolute Gasteiger partial charge is 0.494 e. The number of rotatable bonds is 4. The average molecular weight is 309 g/mol. The number of carbonyl (C=O) groups is 1. The second-order valence-electron chi connectivity index (χ2n) is 4.75. The minimum Gasteiger partial charge on any atom is -0.494 e. The van der Waals surface area contributed by atoms with Gasteiger partial charge in [-0.15, -0.1) is 10.2 Å².